The first kappa shape index (κ1) is 17.1. The van der Waals surface area contributed by atoms with Gasteiger partial charge in [-0.2, -0.15) is 0 Å². The molecule has 1 aromatic heterocycles. The van der Waals surface area contributed by atoms with Gasteiger partial charge in [0.2, 0.25) is 0 Å². The molecule has 25 heavy (non-hydrogen) atoms. The summed E-state index contributed by atoms with van der Waals surface area (Å²) in [4.78, 5) is 17.7. The Morgan fingerprint density at radius 1 is 1.28 bits per heavy atom. The highest BCUT2D eigenvalue weighted by atomic mass is 16.5. The number of nitrogens with zero attached hydrogens (tertiary/aromatic N) is 2. The van der Waals surface area contributed by atoms with Crippen molar-refractivity contribution in [2.24, 2.45) is 0 Å². The number of hydrogen-bond acceptors (Lipinski definition) is 5. The van der Waals surface area contributed by atoms with Crippen LogP contribution in [-0.2, 0) is 11.2 Å². The molecule has 1 aliphatic heterocycles. The van der Waals surface area contributed by atoms with E-state index in [1.807, 2.05) is 31.1 Å². The molecule has 132 valence electrons. The quantitative estimate of drug-likeness (QED) is 0.901. The number of carboxylic acid groups (broad SMARTS) is 1. The molecule has 0 saturated carbocycles. The summed E-state index contributed by atoms with van der Waals surface area (Å²) in [7, 11) is 3.89. The highest BCUT2D eigenvalue weighted by molar-refractivity contribution is 5.79. The Morgan fingerprint density at radius 2 is 2.04 bits per heavy atom. The minimum atomic E-state index is -1.35. The molecule has 2 heterocycles. The molecule has 0 bridgehead atoms. The van der Waals surface area contributed by atoms with Crippen LogP contribution in [0.25, 0.3) is 11.1 Å². The number of fused-ring (bicyclic) bond motifs is 1. The van der Waals surface area contributed by atoms with Crippen LogP contribution in [0.4, 0.5) is 5.69 Å². The van der Waals surface area contributed by atoms with Crippen molar-refractivity contribution in [3.05, 3.63) is 36.2 Å². The highest BCUT2D eigenvalue weighted by Gasteiger charge is 2.31. The lowest BCUT2D eigenvalue weighted by Crippen LogP contribution is -2.38. The number of carboxylic acids is 1. The Labute approximate surface area is 147 Å². The number of aliphatic carboxylic acids is 1. The molecule has 3 rings (SSSR count). The van der Waals surface area contributed by atoms with E-state index in [-0.39, 0.29) is 0 Å². The van der Waals surface area contributed by atoms with E-state index in [2.05, 4.69) is 4.98 Å². The normalized spacial score (nSPS) is 13.1. The molecule has 6 heteroatoms. The van der Waals surface area contributed by atoms with Gasteiger partial charge in [0.25, 0.3) is 0 Å². The Morgan fingerprint density at radius 3 is 2.72 bits per heavy atom. The third kappa shape index (κ3) is 3.38. The van der Waals surface area contributed by atoms with Crippen LogP contribution in [0.2, 0.25) is 0 Å². The standard InChI is InChI=1S/C19H22N2O4/c1-19(2,18(22)23)25-17-9-16-12(5-6-24-16)8-15(17)13-7-14(21(3)4)11-20-10-13/h7-11H,5-6H2,1-4H3,(H,22,23). The summed E-state index contributed by atoms with van der Waals surface area (Å²) < 4.78 is 11.5. The fourth-order valence-electron chi connectivity index (χ4n) is 2.65. The van der Waals surface area contributed by atoms with E-state index in [0.717, 1.165) is 34.5 Å². The number of pyridine rings is 1. The van der Waals surface area contributed by atoms with Crippen molar-refractivity contribution in [2.45, 2.75) is 25.9 Å². The van der Waals surface area contributed by atoms with Gasteiger partial charge in [0.15, 0.2) is 5.60 Å². The lowest BCUT2D eigenvalue weighted by molar-refractivity contribution is -0.152. The van der Waals surface area contributed by atoms with Crippen LogP contribution >= 0.6 is 0 Å². The molecular formula is C19H22N2O4. The van der Waals surface area contributed by atoms with Gasteiger partial charge in [0, 0.05) is 43.9 Å². The summed E-state index contributed by atoms with van der Waals surface area (Å²) in [6.45, 7) is 3.68. The Hall–Kier alpha value is -2.76. The molecule has 0 aliphatic carbocycles. The summed E-state index contributed by atoms with van der Waals surface area (Å²) >= 11 is 0. The van der Waals surface area contributed by atoms with Crippen molar-refractivity contribution >= 4 is 11.7 Å². The molecular weight excluding hydrogens is 320 g/mol. The van der Waals surface area contributed by atoms with Gasteiger partial charge in [-0.3, -0.25) is 4.98 Å². The van der Waals surface area contributed by atoms with Crippen LogP contribution in [0.3, 0.4) is 0 Å². The Balaban J connectivity index is 2.11. The molecule has 1 N–H and O–H groups in total. The third-order valence-corrected chi connectivity index (χ3v) is 4.22. The maximum absolute atomic E-state index is 11.5. The van der Waals surface area contributed by atoms with Gasteiger partial charge in [-0.1, -0.05) is 0 Å². The van der Waals surface area contributed by atoms with Crippen LogP contribution in [0, 0.1) is 0 Å². The van der Waals surface area contributed by atoms with Gasteiger partial charge < -0.3 is 19.5 Å². The zero-order valence-electron chi connectivity index (χ0n) is 14.9. The van der Waals surface area contributed by atoms with Crippen LogP contribution in [0.1, 0.15) is 19.4 Å². The van der Waals surface area contributed by atoms with Gasteiger partial charge in [-0.05, 0) is 31.5 Å². The van der Waals surface area contributed by atoms with Crippen molar-refractivity contribution in [3.63, 3.8) is 0 Å². The molecule has 2 aromatic rings. The van der Waals surface area contributed by atoms with Crippen molar-refractivity contribution in [2.75, 3.05) is 25.6 Å². The lowest BCUT2D eigenvalue weighted by Gasteiger charge is -2.24. The number of benzene rings is 1. The Bertz CT molecular complexity index is 815. The zero-order chi connectivity index (χ0) is 18.2. The number of anilines is 1. The van der Waals surface area contributed by atoms with E-state index in [9.17, 15) is 9.90 Å². The number of rotatable bonds is 5. The van der Waals surface area contributed by atoms with E-state index >= 15 is 0 Å². The summed E-state index contributed by atoms with van der Waals surface area (Å²) in [5.41, 5.74) is 2.38. The molecule has 1 aliphatic rings. The van der Waals surface area contributed by atoms with Crippen LogP contribution in [0.15, 0.2) is 30.6 Å². The Kier molecular flexibility index (Phi) is 4.29. The predicted octanol–water partition coefficient (Wildman–Crippen LogP) is 2.99. The second-order valence-electron chi connectivity index (χ2n) is 6.80. The first-order valence-corrected chi connectivity index (χ1v) is 8.13. The van der Waals surface area contributed by atoms with Crippen molar-refractivity contribution in [1.82, 2.24) is 4.98 Å². The minimum Gasteiger partial charge on any atom is -0.493 e. The van der Waals surface area contributed by atoms with Crippen LogP contribution < -0.4 is 14.4 Å². The van der Waals surface area contributed by atoms with Gasteiger partial charge in [0.1, 0.15) is 11.5 Å². The lowest BCUT2D eigenvalue weighted by atomic mass is 10.0. The van der Waals surface area contributed by atoms with E-state index in [1.165, 1.54) is 13.8 Å². The van der Waals surface area contributed by atoms with Gasteiger partial charge in [0.05, 0.1) is 18.5 Å². The fraction of sp³-hybridized carbons (Fsp3) is 0.368. The van der Waals surface area contributed by atoms with E-state index in [0.29, 0.717) is 12.4 Å². The van der Waals surface area contributed by atoms with Crippen LogP contribution in [0.5, 0.6) is 11.5 Å². The number of carbonyl (C=O) groups is 1. The molecule has 0 amide bonds. The SMILES string of the molecule is CN(C)c1cncc(-c2cc3c(cc2OC(C)(C)C(=O)O)OCC3)c1. The summed E-state index contributed by atoms with van der Waals surface area (Å²) in [6.07, 6.45) is 4.36. The molecule has 0 spiro atoms. The largest absolute Gasteiger partial charge is 0.493 e. The second kappa shape index (κ2) is 6.27. The summed E-state index contributed by atoms with van der Waals surface area (Å²) in [6, 6.07) is 5.79. The molecule has 0 unspecified atom stereocenters. The van der Waals surface area contributed by atoms with Gasteiger partial charge in [-0.15, -0.1) is 0 Å². The molecule has 0 fully saturated rings. The number of hydrogen-bond donors (Lipinski definition) is 1. The first-order valence-electron chi connectivity index (χ1n) is 8.13. The average molecular weight is 342 g/mol. The average Bonchev–Trinajstić information content (AvgIpc) is 3.01. The summed E-state index contributed by atoms with van der Waals surface area (Å²) in [5, 5.41) is 9.40. The zero-order valence-corrected chi connectivity index (χ0v) is 14.9. The van der Waals surface area contributed by atoms with Crippen molar-refractivity contribution in [1.29, 1.82) is 0 Å². The molecule has 0 radical (unpaired) electrons. The fourth-order valence-corrected chi connectivity index (χ4v) is 2.65. The molecule has 6 nitrogen and oxygen atoms in total. The maximum atomic E-state index is 11.5. The van der Waals surface area contributed by atoms with E-state index in [4.69, 9.17) is 9.47 Å². The molecule has 1 aromatic carbocycles. The van der Waals surface area contributed by atoms with Crippen molar-refractivity contribution < 1.29 is 19.4 Å². The predicted molar refractivity (Wildman–Crippen MR) is 95.5 cm³/mol. The van der Waals surface area contributed by atoms with Crippen molar-refractivity contribution in [3.8, 4) is 22.6 Å². The maximum Gasteiger partial charge on any atom is 0.347 e. The number of ether oxygens (including phenoxy) is 2. The van der Waals surface area contributed by atoms with Gasteiger partial charge >= 0.3 is 5.97 Å². The molecule has 0 atom stereocenters. The summed E-state index contributed by atoms with van der Waals surface area (Å²) in [5.74, 6) is 0.197. The monoisotopic (exact) mass is 342 g/mol. The first-order chi connectivity index (χ1) is 11.8. The topological polar surface area (TPSA) is 71.9 Å². The second-order valence-corrected chi connectivity index (χ2v) is 6.80. The van der Waals surface area contributed by atoms with Gasteiger partial charge in [-0.25, -0.2) is 4.79 Å². The smallest absolute Gasteiger partial charge is 0.347 e. The third-order valence-electron chi connectivity index (χ3n) is 4.22. The number of aromatic nitrogens is 1. The van der Waals surface area contributed by atoms with E-state index in [1.54, 1.807) is 18.5 Å². The van der Waals surface area contributed by atoms with E-state index < -0.39 is 11.6 Å². The highest BCUT2D eigenvalue weighted by Crippen LogP contribution is 2.40. The van der Waals surface area contributed by atoms with Crippen LogP contribution in [-0.4, -0.2) is 42.4 Å². The molecule has 0 saturated heterocycles. The minimum absolute atomic E-state index is 0.478.